The van der Waals surface area contributed by atoms with E-state index in [9.17, 15) is 0 Å². The maximum atomic E-state index is 6.38. The second-order valence-corrected chi connectivity index (χ2v) is 7.89. The largest absolute Gasteiger partial charge is 0.492 e. The quantitative estimate of drug-likeness (QED) is 0.823. The van der Waals surface area contributed by atoms with Gasteiger partial charge in [0.25, 0.3) is 0 Å². The zero-order chi connectivity index (χ0) is 16.2. The predicted octanol–water partition coefficient (Wildman–Crippen LogP) is 3.55. The minimum Gasteiger partial charge on any atom is -0.492 e. The van der Waals surface area contributed by atoms with Gasteiger partial charge in [0.1, 0.15) is 12.4 Å². The van der Waals surface area contributed by atoms with Crippen LogP contribution in [0.1, 0.15) is 26.3 Å². The van der Waals surface area contributed by atoms with Crippen LogP contribution in [0.25, 0.3) is 0 Å². The first-order valence-corrected chi connectivity index (χ1v) is 8.53. The molecule has 0 radical (unpaired) electrons. The molecule has 0 aromatic heterocycles. The average Bonchev–Trinajstić information content (AvgIpc) is 2.43. The first kappa shape index (κ1) is 17.6. The molecule has 22 heavy (non-hydrogen) atoms. The summed E-state index contributed by atoms with van der Waals surface area (Å²) in [6.45, 7) is 12.9. The molecule has 1 aromatic rings. The molecule has 1 fully saturated rings. The van der Waals surface area contributed by atoms with Crippen LogP contribution >= 0.6 is 11.6 Å². The number of benzene rings is 1. The van der Waals surface area contributed by atoms with Crippen LogP contribution in [0.5, 0.6) is 5.75 Å². The minimum absolute atomic E-state index is 0.243. The zero-order valence-corrected chi connectivity index (χ0v) is 15.1. The highest BCUT2D eigenvalue weighted by Crippen LogP contribution is 2.28. The number of hydrogen-bond donors (Lipinski definition) is 0. The van der Waals surface area contributed by atoms with Gasteiger partial charge in [0.2, 0.25) is 0 Å². The third-order valence-corrected chi connectivity index (χ3v) is 4.37. The van der Waals surface area contributed by atoms with Crippen LogP contribution in [0, 0.1) is 5.41 Å². The summed E-state index contributed by atoms with van der Waals surface area (Å²) in [7, 11) is 2.18. The lowest BCUT2D eigenvalue weighted by molar-refractivity contribution is 0.133. The molecule has 2 rings (SSSR count). The second-order valence-electron chi connectivity index (χ2n) is 7.48. The Hall–Kier alpha value is -0.770. The Morgan fingerprint density at radius 2 is 1.82 bits per heavy atom. The van der Waals surface area contributed by atoms with E-state index in [1.54, 1.807) is 0 Å². The van der Waals surface area contributed by atoms with Crippen molar-refractivity contribution in [1.82, 2.24) is 9.80 Å². The smallest absolute Gasteiger partial charge is 0.120 e. The van der Waals surface area contributed by atoms with Gasteiger partial charge in [0.05, 0.1) is 0 Å². The van der Waals surface area contributed by atoms with Crippen LogP contribution in [0.15, 0.2) is 18.2 Å². The highest BCUT2D eigenvalue weighted by atomic mass is 35.5. The van der Waals surface area contributed by atoms with Crippen LogP contribution in [0.4, 0.5) is 0 Å². The zero-order valence-electron chi connectivity index (χ0n) is 14.4. The van der Waals surface area contributed by atoms with Crippen molar-refractivity contribution in [3.63, 3.8) is 0 Å². The summed E-state index contributed by atoms with van der Waals surface area (Å²) >= 11 is 6.38. The van der Waals surface area contributed by atoms with Gasteiger partial charge >= 0.3 is 0 Å². The Bertz CT molecular complexity index is 476. The van der Waals surface area contributed by atoms with E-state index in [-0.39, 0.29) is 5.41 Å². The van der Waals surface area contributed by atoms with E-state index in [1.807, 2.05) is 12.1 Å². The molecule has 4 heteroatoms. The van der Waals surface area contributed by atoms with E-state index < -0.39 is 0 Å². The van der Waals surface area contributed by atoms with Gasteiger partial charge in [-0.15, -0.1) is 0 Å². The van der Waals surface area contributed by atoms with E-state index in [4.69, 9.17) is 16.3 Å². The first-order chi connectivity index (χ1) is 10.3. The molecule has 1 aliphatic rings. The summed E-state index contributed by atoms with van der Waals surface area (Å²) in [6.07, 6.45) is 0.980. The maximum absolute atomic E-state index is 6.38. The summed E-state index contributed by atoms with van der Waals surface area (Å²) in [5, 5.41) is 0.812. The lowest BCUT2D eigenvalue weighted by Crippen LogP contribution is -2.45. The van der Waals surface area contributed by atoms with E-state index >= 15 is 0 Å². The van der Waals surface area contributed by atoms with Gasteiger partial charge in [-0.1, -0.05) is 38.4 Å². The Morgan fingerprint density at radius 3 is 2.41 bits per heavy atom. The summed E-state index contributed by atoms with van der Waals surface area (Å²) in [5.74, 6) is 0.872. The molecule has 1 heterocycles. The first-order valence-electron chi connectivity index (χ1n) is 8.16. The Balaban J connectivity index is 1.80. The number of ether oxygens (including phenoxy) is 1. The van der Waals surface area contributed by atoms with Crippen molar-refractivity contribution in [2.75, 3.05) is 46.4 Å². The third kappa shape index (κ3) is 5.79. The second kappa shape index (κ2) is 7.67. The maximum Gasteiger partial charge on any atom is 0.120 e. The molecule has 0 unspecified atom stereocenters. The average molecular weight is 325 g/mol. The van der Waals surface area contributed by atoms with E-state index in [1.165, 1.54) is 5.56 Å². The Kier molecular flexibility index (Phi) is 6.13. The molecule has 0 saturated carbocycles. The molecular weight excluding hydrogens is 296 g/mol. The van der Waals surface area contributed by atoms with E-state index in [2.05, 4.69) is 43.7 Å². The number of nitrogens with zero attached hydrogens (tertiary/aromatic N) is 2. The highest BCUT2D eigenvalue weighted by molar-refractivity contribution is 6.31. The monoisotopic (exact) mass is 324 g/mol. The van der Waals surface area contributed by atoms with Gasteiger partial charge in [-0.05, 0) is 36.6 Å². The fourth-order valence-electron chi connectivity index (χ4n) is 2.70. The normalized spacial score (nSPS) is 17.7. The van der Waals surface area contributed by atoms with Crippen molar-refractivity contribution in [2.45, 2.75) is 27.2 Å². The van der Waals surface area contributed by atoms with Crippen molar-refractivity contribution >= 4 is 11.6 Å². The number of rotatable bonds is 5. The Morgan fingerprint density at radius 1 is 1.14 bits per heavy atom. The molecule has 124 valence electrons. The third-order valence-electron chi connectivity index (χ3n) is 4.02. The topological polar surface area (TPSA) is 15.7 Å². The Labute approximate surface area is 140 Å². The molecular formula is C18H29ClN2O. The van der Waals surface area contributed by atoms with Crippen molar-refractivity contribution < 1.29 is 4.74 Å². The molecule has 1 aliphatic heterocycles. The molecule has 1 saturated heterocycles. The van der Waals surface area contributed by atoms with Crippen molar-refractivity contribution in [2.24, 2.45) is 5.41 Å². The number of piperazine rings is 1. The lowest BCUT2D eigenvalue weighted by atomic mass is 9.88. The van der Waals surface area contributed by atoms with E-state index in [0.29, 0.717) is 0 Å². The number of hydrogen-bond acceptors (Lipinski definition) is 3. The number of halogens is 1. The molecule has 0 atom stereocenters. The molecule has 1 aromatic carbocycles. The summed E-state index contributed by atoms with van der Waals surface area (Å²) in [5.41, 5.74) is 1.44. The molecule has 0 spiro atoms. The molecule has 3 nitrogen and oxygen atoms in total. The van der Waals surface area contributed by atoms with Gasteiger partial charge in [-0.25, -0.2) is 0 Å². The van der Waals surface area contributed by atoms with Crippen LogP contribution < -0.4 is 4.74 Å². The van der Waals surface area contributed by atoms with Gasteiger partial charge in [-0.2, -0.15) is 0 Å². The van der Waals surface area contributed by atoms with Crippen LogP contribution in [-0.2, 0) is 6.42 Å². The van der Waals surface area contributed by atoms with Gasteiger partial charge in [0, 0.05) is 37.7 Å². The summed E-state index contributed by atoms with van der Waals surface area (Å²) in [6, 6.07) is 6.09. The molecule has 0 N–H and O–H groups in total. The standard InChI is InChI=1S/C18H29ClN2O/c1-18(2,3)14-15-5-6-16(13-17(15)19)22-12-11-21-9-7-20(4)8-10-21/h5-6,13H,7-12,14H2,1-4H3. The lowest BCUT2D eigenvalue weighted by Gasteiger charge is -2.32. The van der Waals surface area contributed by atoms with Gasteiger partial charge in [0.15, 0.2) is 0 Å². The van der Waals surface area contributed by atoms with E-state index in [0.717, 1.165) is 56.5 Å². The SMILES string of the molecule is CN1CCN(CCOc2ccc(CC(C)(C)C)c(Cl)c2)CC1. The van der Waals surface area contributed by atoms with Crippen molar-refractivity contribution in [1.29, 1.82) is 0 Å². The van der Waals surface area contributed by atoms with Gasteiger partial charge < -0.3 is 9.64 Å². The fraction of sp³-hybridized carbons (Fsp3) is 0.667. The van der Waals surface area contributed by atoms with Crippen LogP contribution in [-0.4, -0.2) is 56.2 Å². The summed E-state index contributed by atoms with van der Waals surface area (Å²) < 4.78 is 5.86. The predicted molar refractivity (Wildman–Crippen MR) is 94.0 cm³/mol. The number of likely N-dealkylation sites (N-methyl/N-ethyl adjacent to an activating group) is 1. The van der Waals surface area contributed by atoms with Crippen molar-refractivity contribution in [3.05, 3.63) is 28.8 Å². The summed E-state index contributed by atoms with van der Waals surface area (Å²) in [4.78, 5) is 4.82. The van der Waals surface area contributed by atoms with Crippen LogP contribution in [0.3, 0.4) is 0 Å². The molecule has 0 amide bonds. The minimum atomic E-state index is 0.243. The molecule has 0 bridgehead atoms. The highest BCUT2D eigenvalue weighted by Gasteiger charge is 2.15. The van der Waals surface area contributed by atoms with Gasteiger partial charge in [-0.3, -0.25) is 4.90 Å². The van der Waals surface area contributed by atoms with Crippen LogP contribution in [0.2, 0.25) is 5.02 Å². The molecule has 0 aliphatic carbocycles. The fourth-order valence-corrected chi connectivity index (χ4v) is 2.93. The van der Waals surface area contributed by atoms with Crippen molar-refractivity contribution in [3.8, 4) is 5.75 Å².